The lowest BCUT2D eigenvalue weighted by molar-refractivity contribution is -0.167. The summed E-state index contributed by atoms with van der Waals surface area (Å²) in [5, 5.41) is 0. The van der Waals surface area contributed by atoms with Gasteiger partial charge in [-0.1, -0.05) is 308 Å². The van der Waals surface area contributed by atoms with Gasteiger partial charge in [-0.05, 0) is 122 Å². The summed E-state index contributed by atoms with van der Waals surface area (Å²) in [4.78, 5) is 38.2. The molecule has 1 atom stereocenters. The molecule has 0 aliphatic heterocycles. The summed E-state index contributed by atoms with van der Waals surface area (Å²) in [6.07, 6.45) is 100. The molecule has 6 heteroatoms. The first-order valence-corrected chi connectivity index (χ1v) is 34.3. The van der Waals surface area contributed by atoms with Gasteiger partial charge in [0.05, 0.1) is 0 Å². The summed E-state index contributed by atoms with van der Waals surface area (Å²) < 4.78 is 16.9. The van der Waals surface area contributed by atoms with Gasteiger partial charge in [0.1, 0.15) is 13.2 Å². The zero-order valence-electron chi connectivity index (χ0n) is 53.9. The average Bonchev–Trinajstić information content (AvgIpc) is 3.49. The Hall–Kier alpha value is -4.71. The Kier molecular flexibility index (Phi) is 65.8. The van der Waals surface area contributed by atoms with Crippen LogP contribution in [-0.2, 0) is 28.6 Å². The van der Waals surface area contributed by atoms with E-state index in [1.807, 2.05) is 0 Å². The number of hydrogen-bond acceptors (Lipinski definition) is 6. The third-order valence-electron chi connectivity index (χ3n) is 14.3. The van der Waals surface area contributed by atoms with Crippen molar-refractivity contribution in [3.63, 3.8) is 0 Å². The van der Waals surface area contributed by atoms with Crippen LogP contribution in [0.1, 0.15) is 303 Å². The second-order valence-corrected chi connectivity index (χ2v) is 22.3. The fraction of sp³-hybridized carbons (Fsp3) is 0.649. The van der Waals surface area contributed by atoms with E-state index in [2.05, 4.69) is 167 Å². The van der Waals surface area contributed by atoms with E-state index < -0.39 is 6.10 Å². The maximum atomic E-state index is 12.9. The van der Waals surface area contributed by atoms with Gasteiger partial charge in [0.25, 0.3) is 0 Å². The SMILES string of the molecule is CC/C=C\C/C=C\C/C=C\C/C=C\C/C=C\C/C=C\CCCCCCCCCCCCCCCCCCC(=O)OCC(COC(=O)CCCCCCCCCCC)OC(=O)CCCC/C=C\C/C=C\C/C=C\C/C=C\C/C=C\C/C=C\CC. The molecule has 0 aromatic carbocycles. The predicted molar refractivity (Wildman–Crippen MR) is 362 cm³/mol. The molecule has 0 amide bonds. The van der Waals surface area contributed by atoms with Gasteiger partial charge in [-0.15, -0.1) is 0 Å². The van der Waals surface area contributed by atoms with Crippen LogP contribution in [-0.4, -0.2) is 37.2 Å². The summed E-state index contributed by atoms with van der Waals surface area (Å²) in [7, 11) is 0. The largest absolute Gasteiger partial charge is 0.462 e. The van der Waals surface area contributed by atoms with Crippen molar-refractivity contribution in [2.75, 3.05) is 13.2 Å². The Bertz CT molecular complexity index is 1800. The molecule has 0 rings (SSSR count). The highest BCUT2D eigenvalue weighted by Gasteiger charge is 2.19. The van der Waals surface area contributed by atoms with Gasteiger partial charge in [0.2, 0.25) is 0 Å². The summed E-state index contributed by atoms with van der Waals surface area (Å²) in [5.74, 6) is -0.938. The molecule has 0 aliphatic rings. The van der Waals surface area contributed by atoms with Crippen LogP contribution < -0.4 is 0 Å². The number of esters is 3. The Balaban J connectivity index is 4.17. The van der Waals surface area contributed by atoms with E-state index in [1.165, 1.54) is 128 Å². The topological polar surface area (TPSA) is 78.9 Å². The van der Waals surface area contributed by atoms with Crippen molar-refractivity contribution in [2.24, 2.45) is 0 Å². The summed E-state index contributed by atoms with van der Waals surface area (Å²) in [6.45, 7) is 6.37. The van der Waals surface area contributed by atoms with Gasteiger partial charge in [0.15, 0.2) is 6.10 Å². The zero-order chi connectivity index (χ0) is 59.9. The van der Waals surface area contributed by atoms with Crippen molar-refractivity contribution in [1.82, 2.24) is 0 Å². The van der Waals surface area contributed by atoms with Crippen molar-refractivity contribution in [3.05, 3.63) is 146 Å². The maximum absolute atomic E-state index is 12.9. The molecular weight excluding hydrogens is 1020 g/mol. The smallest absolute Gasteiger partial charge is 0.306 e. The van der Waals surface area contributed by atoms with E-state index in [4.69, 9.17) is 14.2 Å². The van der Waals surface area contributed by atoms with Crippen LogP contribution in [0, 0.1) is 0 Å². The molecule has 0 aliphatic carbocycles. The van der Waals surface area contributed by atoms with Crippen molar-refractivity contribution in [1.29, 1.82) is 0 Å². The van der Waals surface area contributed by atoms with Crippen LogP contribution in [0.2, 0.25) is 0 Å². The van der Waals surface area contributed by atoms with Crippen molar-refractivity contribution >= 4 is 17.9 Å². The quantitative estimate of drug-likeness (QED) is 0.0261. The number of carbonyl (C=O) groups excluding carboxylic acids is 3. The van der Waals surface area contributed by atoms with Gasteiger partial charge >= 0.3 is 17.9 Å². The minimum absolute atomic E-state index is 0.0961. The Labute approximate surface area is 512 Å². The van der Waals surface area contributed by atoms with Gasteiger partial charge in [-0.25, -0.2) is 0 Å². The van der Waals surface area contributed by atoms with E-state index in [1.54, 1.807) is 0 Å². The molecule has 0 aromatic heterocycles. The number of allylic oxidation sites excluding steroid dienone is 24. The molecule has 0 heterocycles. The number of ether oxygens (including phenoxy) is 3. The summed E-state index contributed by atoms with van der Waals surface area (Å²) in [6, 6.07) is 0. The van der Waals surface area contributed by atoms with Crippen LogP contribution in [0.3, 0.4) is 0 Å². The summed E-state index contributed by atoms with van der Waals surface area (Å²) >= 11 is 0. The van der Waals surface area contributed by atoms with Gasteiger partial charge in [-0.3, -0.25) is 14.4 Å². The van der Waals surface area contributed by atoms with Crippen molar-refractivity contribution in [3.8, 4) is 0 Å². The minimum atomic E-state index is -0.803. The molecule has 0 saturated heterocycles. The lowest BCUT2D eigenvalue weighted by atomic mass is 10.0. The summed E-state index contributed by atoms with van der Waals surface area (Å²) in [5.41, 5.74) is 0. The Morgan fingerprint density at radius 2 is 0.470 bits per heavy atom. The molecule has 0 N–H and O–H groups in total. The Morgan fingerprint density at radius 3 is 0.759 bits per heavy atom. The normalized spacial score (nSPS) is 13.0. The second-order valence-electron chi connectivity index (χ2n) is 22.3. The van der Waals surface area contributed by atoms with Gasteiger partial charge in [-0.2, -0.15) is 0 Å². The zero-order valence-corrected chi connectivity index (χ0v) is 53.9. The standard InChI is InChI=1S/C77H126O6/c1-4-7-10-13-16-19-21-23-25-27-29-31-32-33-34-35-36-37-38-39-40-41-42-43-44-46-47-49-51-53-55-58-61-64-67-70-76(79)82-73-74(72-81-75(78)69-66-63-60-57-18-15-12-9-6-3)83-77(80)71-68-65-62-59-56-54-52-50-48-45-30-28-26-24-22-20-17-14-11-8-5-2/h7-8,10-11,16-17,19-20,23-26,29-31,33-34,36-37,45,50,52,56,59,74H,4-6,9,12-15,18,21-22,27-28,32,35,38-44,46-49,51,53-55,57-58,60-73H2,1-3H3/b10-7-,11-8-,19-16-,20-17-,25-23-,26-24-,31-29-,34-33-,37-36-,45-30-,52-50-,59-56-. The van der Waals surface area contributed by atoms with Crippen LogP contribution in [0.4, 0.5) is 0 Å². The lowest BCUT2D eigenvalue weighted by Gasteiger charge is -2.18. The van der Waals surface area contributed by atoms with E-state index >= 15 is 0 Å². The highest BCUT2D eigenvalue weighted by molar-refractivity contribution is 5.71. The fourth-order valence-electron chi connectivity index (χ4n) is 9.27. The molecule has 0 aromatic rings. The van der Waals surface area contributed by atoms with Gasteiger partial charge < -0.3 is 14.2 Å². The van der Waals surface area contributed by atoms with Crippen LogP contribution in [0.25, 0.3) is 0 Å². The van der Waals surface area contributed by atoms with Crippen LogP contribution in [0.5, 0.6) is 0 Å². The highest BCUT2D eigenvalue weighted by atomic mass is 16.6. The Morgan fingerprint density at radius 1 is 0.253 bits per heavy atom. The molecule has 470 valence electrons. The van der Waals surface area contributed by atoms with Gasteiger partial charge in [0, 0.05) is 19.3 Å². The first-order chi connectivity index (χ1) is 41.0. The predicted octanol–water partition coefficient (Wildman–Crippen LogP) is 23.9. The third-order valence-corrected chi connectivity index (χ3v) is 14.3. The van der Waals surface area contributed by atoms with E-state index in [-0.39, 0.29) is 37.5 Å². The monoisotopic (exact) mass is 1150 g/mol. The molecule has 0 saturated carbocycles. The first-order valence-electron chi connectivity index (χ1n) is 34.3. The van der Waals surface area contributed by atoms with Crippen LogP contribution in [0.15, 0.2) is 146 Å². The average molecular weight is 1150 g/mol. The molecule has 6 nitrogen and oxygen atoms in total. The molecule has 1 unspecified atom stereocenters. The van der Waals surface area contributed by atoms with E-state index in [0.29, 0.717) is 19.3 Å². The van der Waals surface area contributed by atoms with Crippen molar-refractivity contribution in [2.45, 2.75) is 309 Å². The van der Waals surface area contributed by atoms with Crippen LogP contribution >= 0.6 is 0 Å². The molecular formula is C77H126O6. The second kappa shape index (κ2) is 69.8. The third kappa shape index (κ3) is 68.0. The first kappa shape index (κ1) is 78.3. The highest BCUT2D eigenvalue weighted by Crippen LogP contribution is 2.16. The fourth-order valence-corrected chi connectivity index (χ4v) is 9.27. The van der Waals surface area contributed by atoms with E-state index in [9.17, 15) is 14.4 Å². The number of unbranched alkanes of at least 4 members (excludes halogenated alkanes) is 26. The number of carbonyl (C=O) groups is 3. The molecule has 83 heavy (non-hydrogen) atoms. The molecule has 0 fully saturated rings. The minimum Gasteiger partial charge on any atom is -0.462 e. The van der Waals surface area contributed by atoms with E-state index in [0.717, 1.165) is 128 Å². The van der Waals surface area contributed by atoms with Crippen molar-refractivity contribution < 1.29 is 28.6 Å². The number of hydrogen-bond donors (Lipinski definition) is 0. The maximum Gasteiger partial charge on any atom is 0.306 e. The molecule has 0 spiro atoms. The molecule has 0 bridgehead atoms. The molecule has 0 radical (unpaired) electrons. The number of rotatable bonds is 61. The lowest BCUT2D eigenvalue weighted by Crippen LogP contribution is -2.30.